The second kappa shape index (κ2) is 7.05. The number of thiol groups is 1. The normalized spacial score (nSPS) is 14.7. The van der Waals surface area contributed by atoms with E-state index < -0.39 is 6.03 Å². The third-order valence-electron chi connectivity index (χ3n) is 3.65. The molecule has 2 N–H and O–H groups in total. The minimum atomic E-state index is -0.686. The maximum absolute atomic E-state index is 14.4. The fourth-order valence-electron chi connectivity index (χ4n) is 2.43. The Labute approximate surface area is 143 Å². The van der Waals surface area contributed by atoms with Gasteiger partial charge in [-0.1, -0.05) is 18.0 Å². The van der Waals surface area contributed by atoms with E-state index in [4.69, 9.17) is 10.5 Å². The van der Waals surface area contributed by atoms with Gasteiger partial charge in [0.1, 0.15) is 11.5 Å². The summed E-state index contributed by atoms with van der Waals surface area (Å²) < 4.78 is 22.1. The fourth-order valence-corrected chi connectivity index (χ4v) is 2.57. The third-order valence-corrected chi connectivity index (χ3v) is 3.99. The Morgan fingerprint density at radius 2 is 2.17 bits per heavy atom. The lowest BCUT2D eigenvalue weighted by molar-refractivity contribution is 0.122. The second-order valence-electron chi connectivity index (χ2n) is 5.29. The van der Waals surface area contributed by atoms with E-state index in [1.54, 1.807) is 18.3 Å². The van der Waals surface area contributed by atoms with Crippen LogP contribution < -0.4 is 10.6 Å². The van der Waals surface area contributed by atoms with Crippen LogP contribution in [0.25, 0.3) is 5.69 Å². The molecule has 0 bridgehead atoms. The van der Waals surface area contributed by atoms with Crippen molar-refractivity contribution in [2.75, 3.05) is 31.2 Å². The van der Waals surface area contributed by atoms with Crippen molar-refractivity contribution in [1.82, 2.24) is 19.3 Å². The molecule has 0 radical (unpaired) electrons. The molecule has 2 amide bonds. The zero-order valence-corrected chi connectivity index (χ0v) is 13.7. The predicted octanol–water partition coefficient (Wildman–Crippen LogP) is 0.969. The lowest BCUT2D eigenvalue weighted by Crippen LogP contribution is -2.36. The summed E-state index contributed by atoms with van der Waals surface area (Å²) in [4.78, 5) is 12.9. The Balaban J connectivity index is 1.76. The molecule has 3 rings (SSSR count). The van der Waals surface area contributed by atoms with E-state index in [2.05, 4.69) is 23.1 Å². The van der Waals surface area contributed by atoms with Crippen LogP contribution in [0, 0.1) is 5.82 Å². The van der Waals surface area contributed by atoms with E-state index in [9.17, 15) is 9.18 Å². The number of nitrogens with zero attached hydrogens (tertiary/aromatic N) is 5. The average Bonchev–Trinajstić information content (AvgIpc) is 3.04. The van der Waals surface area contributed by atoms with Crippen molar-refractivity contribution < 1.29 is 13.9 Å². The molecule has 0 atom stereocenters. The highest BCUT2D eigenvalue weighted by molar-refractivity contribution is 7.78. The molecule has 0 spiro atoms. The van der Waals surface area contributed by atoms with Gasteiger partial charge in [0.25, 0.3) is 0 Å². The summed E-state index contributed by atoms with van der Waals surface area (Å²) in [5, 5.41) is 7.86. The number of anilines is 1. The number of rotatable bonds is 4. The minimum Gasteiger partial charge on any atom is -0.378 e. The van der Waals surface area contributed by atoms with E-state index in [0.29, 0.717) is 43.4 Å². The summed E-state index contributed by atoms with van der Waals surface area (Å²) in [6.07, 6.45) is 1.59. The molecule has 1 aromatic carbocycles. The van der Waals surface area contributed by atoms with Crippen molar-refractivity contribution in [2.24, 2.45) is 5.73 Å². The zero-order valence-electron chi connectivity index (χ0n) is 12.8. The molecule has 1 aliphatic heterocycles. The molecule has 1 aliphatic rings. The van der Waals surface area contributed by atoms with Crippen molar-refractivity contribution in [2.45, 2.75) is 6.54 Å². The molecule has 1 aromatic heterocycles. The van der Waals surface area contributed by atoms with Crippen LogP contribution in [0.2, 0.25) is 0 Å². The standard InChI is InChI=1S/C14H17FN6O2S/c15-12-7-11(1-2-13(12)19-3-5-23-6-4-19)20-8-10(17-18-20)9-21(24)14(16)22/h1-2,7-8,24H,3-6,9H2,(H2,16,22). The van der Waals surface area contributed by atoms with Gasteiger partial charge in [0.2, 0.25) is 0 Å². The first kappa shape index (κ1) is 16.5. The number of hydrogen-bond donors (Lipinski definition) is 2. The molecular formula is C14H17FN6O2S. The number of benzene rings is 1. The number of urea groups is 1. The highest BCUT2D eigenvalue weighted by Crippen LogP contribution is 2.23. The van der Waals surface area contributed by atoms with Gasteiger partial charge in [-0.25, -0.2) is 13.9 Å². The van der Waals surface area contributed by atoms with Gasteiger partial charge in [0.15, 0.2) is 0 Å². The molecule has 24 heavy (non-hydrogen) atoms. The van der Waals surface area contributed by atoms with Crippen LogP contribution >= 0.6 is 12.8 Å². The summed E-state index contributed by atoms with van der Waals surface area (Å²) in [6.45, 7) is 2.61. The Kier molecular flexibility index (Phi) is 4.86. The predicted molar refractivity (Wildman–Crippen MR) is 88.5 cm³/mol. The summed E-state index contributed by atoms with van der Waals surface area (Å²) >= 11 is 3.93. The quantitative estimate of drug-likeness (QED) is 0.801. The molecule has 10 heteroatoms. The average molecular weight is 352 g/mol. The molecule has 0 saturated carbocycles. The number of aromatic nitrogens is 3. The maximum atomic E-state index is 14.4. The summed E-state index contributed by atoms with van der Waals surface area (Å²) in [6, 6.07) is 4.19. The van der Waals surface area contributed by atoms with Gasteiger partial charge in [-0.05, 0) is 12.1 Å². The van der Waals surface area contributed by atoms with Crippen molar-refractivity contribution in [1.29, 1.82) is 0 Å². The number of carbonyl (C=O) groups excluding carboxylic acids is 1. The smallest absolute Gasteiger partial charge is 0.324 e. The van der Waals surface area contributed by atoms with Gasteiger partial charge >= 0.3 is 6.03 Å². The third kappa shape index (κ3) is 3.60. The van der Waals surface area contributed by atoms with Crippen molar-refractivity contribution in [3.05, 3.63) is 35.9 Å². The molecule has 128 valence electrons. The van der Waals surface area contributed by atoms with Crippen molar-refractivity contribution in [3.8, 4) is 5.69 Å². The van der Waals surface area contributed by atoms with Gasteiger partial charge in [0, 0.05) is 19.2 Å². The Morgan fingerprint density at radius 1 is 1.42 bits per heavy atom. The molecule has 1 saturated heterocycles. The molecule has 2 heterocycles. The van der Waals surface area contributed by atoms with Gasteiger partial charge < -0.3 is 15.4 Å². The minimum absolute atomic E-state index is 0.104. The largest absolute Gasteiger partial charge is 0.378 e. The zero-order chi connectivity index (χ0) is 17.1. The number of amides is 2. The number of carbonyl (C=O) groups is 1. The SMILES string of the molecule is NC(=O)N(S)Cc1cn(-c2ccc(N3CCOCC3)c(F)c2)nn1. The number of primary amides is 1. The first-order chi connectivity index (χ1) is 11.5. The number of morpholine rings is 1. The van der Waals surface area contributed by atoms with Crippen LogP contribution in [0.1, 0.15) is 5.69 Å². The number of halogens is 1. The molecule has 2 aromatic rings. The fraction of sp³-hybridized carbons (Fsp3) is 0.357. The van der Waals surface area contributed by atoms with Crippen LogP contribution in [0.4, 0.5) is 14.9 Å². The summed E-state index contributed by atoms with van der Waals surface area (Å²) in [5.41, 5.74) is 6.66. The highest BCUT2D eigenvalue weighted by Gasteiger charge is 2.16. The Bertz CT molecular complexity index is 734. The monoisotopic (exact) mass is 352 g/mol. The van der Waals surface area contributed by atoms with Crippen LogP contribution in [0.3, 0.4) is 0 Å². The van der Waals surface area contributed by atoms with Crippen LogP contribution in [-0.4, -0.2) is 51.6 Å². The van der Waals surface area contributed by atoms with Crippen molar-refractivity contribution in [3.63, 3.8) is 0 Å². The van der Waals surface area contributed by atoms with E-state index >= 15 is 0 Å². The van der Waals surface area contributed by atoms with Gasteiger partial charge in [-0.2, -0.15) is 0 Å². The maximum Gasteiger partial charge on any atom is 0.324 e. The topological polar surface area (TPSA) is 89.5 Å². The van der Waals surface area contributed by atoms with E-state index in [1.165, 1.54) is 10.7 Å². The lowest BCUT2D eigenvalue weighted by atomic mass is 10.2. The number of hydrogen-bond acceptors (Lipinski definition) is 6. The number of ether oxygens (including phenoxy) is 1. The molecular weight excluding hydrogens is 335 g/mol. The summed E-state index contributed by atoms with van der Waals surface area (Å²) in [7, 11) is 0. The first-order valence-corrected chi connectivity index (χ1v) is 7.74. The van der Waals surface area contributed by atoms with Crippen LogP contribution in [0.5, 0.6) is 0 Å². The van der Waals surface area contributed by atoms with Crippen LogP contribution in [0.15, 0.2) is 24.4 Å². The van der Waals surface area contributed by atoms with E-state index in [-0.39, 0.29) is 12.4 Å². The van der Waals surface area contributed by atoms with Crippen LogP contribution in [-0.2, 0) is 11.3 Å². The summed E-state index contributed by atoms with van der Waals surface area (Å²) in [5.74, 6) is -0.334. The van der Waals surface area contributed by atoms with Gasteiger partial charge in [-0.15, -0.1) is 5.10 Å². The molecule has 1 fully saturated rings. The van der Waals surface area contributed by atoms with E-state index in [0.717, 1.165) is 4.31 Å². The molecule has 8 nitrogen and oxygen atoms in total. The van der Waals surface area contributed by atoms with Crippen molar-refractivity contribution >= 4 is 24.5 Å². The Hall–Kier alpha value is -2.33. The Morgan fingerprint density at radius 3 is 2.83 bits per heavy atom. The molecule has 0 aliphatic carbocycles. The lowest BCUT2D eigenvalue weighted by Gasteiger charge is -2.29. The second-order valence-corrected chi connectivity index (χ2v) is 5.77. The van der Waals surface area contributed by atoms with Gasteiger partial charge in [-0.3, -0.25) is 4.31 Å². The first-order valence-electron chi connectivity index (χ1n) is 7.34. The highest BCUT2D eigenvalue weighted by atomic mass is 32.1. The van der Waals surface area contributed by atoms with Gasteiger partial charge in [0.05, 0.1) is 37.3 Å². The molecule has 0 unspecified atom stereocenters. The number of nitrogens with two attached hydrogens (primary N) is 1. The van der Waals surface area contributed by atoms with E-state index in [1.807, 2.05) is 4.90 Å².